The van der Waals surface area contributed by atoms with Crippen molar-refractivity contribution in [3.05, 3.63) is 70.9 Å². The summed E-state index contributed by atoms with van der Waals surface area (Å²) >= 11 is 5.30. The zero-order valence-corrected chi connectivity index (χ0v) is 15.7. The zero-order chi connectivity index (χ0) is 18.7. The van der Waals surface area contributed by atoms with Crippen LogP contribution in [-0.4, -0.2) is 18.1 Å². The maximum atomic E-state index is 13.1. The van der Waals surface area contributed by atoms with E-state index in [-0.39, 0.29) is 11.9 Å². The Bertz CT molecular complexity index is 892. The molecule has 3 N–H and O–H groups in total. The summed E-state index contributed by atoms with van der Waals surface area (Å²) in [5, 5.41) is 9.73. The molecule has 1 aliphatic rings. The molecule has 3 rings (SSSR count). The van der Waals surface area contributed by atoms with Crippen LogP contribution in [0.5, 0.6) is 5.75 Å². The second-order valence-corrected chi connectivity index (χ2v) is 6.49. The lowest BCUT2D eigenvalue weighted by Crippen LogP contribution is -2.46. The van der Waals surface area contributed by atoms with E-state index in [0.717, 1.165) is 16.8 Å². The van der Waals surface area contributed by atoms with Crippen molar-refractivity contribution in [1.82, 2.24) is 10.6 Å². The summed E-state index contributed by atoms with van der Waals surface area (Å²) in [5.74, 6) is 0.404. The number of ether oxygens (including phenoxy) is 1. The van der Waals surface area contributed by atoms with Gasteiger partial charge < -0.3 is 20.7 Å². The first kappa shape index (κ1) is 17.9. The summed E-state index contributed by atoms with van der Waals surface area (Å²) in [6, 6.07) is 15.0. The Morgan fingerprint density at radius 1 is 1.12 bits per heavy atom. The fourth-order valence-corrected chi connectivity index (χ4v) is 3.35. The minimum Gasteiger partial charge on any atom is -0.495 e. The van der Waals surface area contributed by atoms with Gasteiger partial charge in [0.15, 0.2) is 5.11 Å². The van der Waals surface area contributed by atoms with Crippen LogP contribution in [0.25, 0.3) is 0 Å². The number of anilines is 1. The van der Waals surface area contributed by atoms with Crippen LogP contribution in [0, 0.1) is 6.92 Å². The van der Waals surface area contributed by atoms with Crippen molar-refractivity contribution in [2.75, 3.05) is 12.4 Å². The molecule has 0 radical (unpaired) electrons. The van der Waals surface area contributed by atoms with Gasteiger partial charge in [-0.25, -0.2) is 0 Å². The number of allylic oxidation sites excluding steroid dienone is 1. The van der Waals surface area contributed by atoms with Crippen LogP contribution in [0.1, 0.15) is 24.1 Å². The third kappa shape index (κ3) is 3.55. The van der Waals surface area contributed by atoms with Gasteiger partial charge in [-0.1, -0.05) is 36.4 Å². The number of hydrogen-bond donors (Lipinski definition) is 3. The third-order valence-electron chi connectivity index (χ3n) is 4.37. The quantitative estimate of drug-likeness (QED) is 0.723. The van der Waals surface area contributed by atoms with Crippen molar-refractivity contribution in [2.45, 2.75) is 19.9 Å². The van der Waals surface area contributed by atoms with Crippen LogP contribution >= 0.6 is 12.2 Å². The lowest BCUT2D eigenvalue weighted by atomic mass is 9.92. The van der Waals surface area contributed by atoms with Crippen LogP contribution in [0.15, 0.2) is 59.8 Å². The Balaban J connectivity index is 1.99. The number of carbonyl (C=O) groups is 1. The fraction of sp³-hybridized carbons (Fsp3) is 0.200. The zero-order valence-electron chi connectivity index (χ0n) is 14.9. The summed E-state index contributed by atoms with van der Waals surface area (Å²) < 4.78 is 5.33. The van der Waals surface area contributed by atoms with Crippen molar-refractivity contribution < 1.29 is 9.53 Å². The van der Waals surface area contributed by atoms with Gasteiger partial charge in [0.25, 0.3) is 5.91 Å². The average molecular weight is 367 g/mol. The highest BCUT2D eigenvalue weighted by molar-refractivity contribution is 7.80. The molecule has 0 spiro atoms. The second kappa shape index (κ2) is 7.58. The van der Waals surface area contributed by atoms with E-state index in [9.17, 15) is 4.79 Å². The number of rotatable bonds is 4. The van der Waals surface area contributed by atoms with E-state index in [1.807, 2.05) is 62.4 Å². The molecule has 1 amide bonds. The molecule has 26 heavy (non-hydrogen) atoms. The van der Waals surface area contributed by atoms with Crippen LogP contribution in [0.4, 0.5) is 5.69 Å². The minimum absolute atomic E-state index is 0.206. The lowest BCUT2D eigenvalue weighted by Gasteiger charge is -2.31. The number of nitrogens with one attached hydrogen (secondary N) is 3. The van der Waals surface area contributed by atoms with Gasteiger partial charge in [-0.3, -0.25) is 4.79 Å². The summed E-state index contributed by atoms with van der Waals surface area (Å²) in [5.41, 5.74) is 4.05. The Kier molecular flexibility index (Phi) is 5.23. The number of aryl methyl sites for hydroxylation is 1. The number of carbonyl (C=O) groups excluding carboxylic acids is 1. The molecule has 2 aromatic rings. The first-order valence-corrected chi connectivity index (χ1v) is 8.70. The third-order valence-corrected chi connectivity index (χ3v) is 4.59. The standard InChI is InChI=1S/C20H21N3O2S/c1-12-8-4-5-9-14(12)18-17(13(2)21-20(26)23-18)19(24)22-15-10-6-7-11-16(15)25-3/h4-11,18H,1-3H3,(H,22,24)(H2,21,23,26)/t18-/m1/s1. The van der Waals surface area contributed by atoms with Gasteiger partial charge in [-0.05, 0) is 49.3 Å². The molecule has 5 nitrogen and oxygen atoms in total. The van der Waals surface area contributed by atoms with E-state index in [2.05, 4.69) is 16.0 Å². The van der Waals surface area contributed by atoms with E-state index in [4.69, 9.17) is 17.0 Å². The molecule has 0 aromatic heterocycles. The van der Waals surface area contributed by atoms with E-state index < -0.39 is 0 Å². The maximum absolute atomic E-state index is 13.1. The fourth-order valence-electron chi connectivity index (χ4n) is 3.08. The van der Waals surface area contributed by atoms with E-state index >= 15 is 0 Å². The smallest absolute Gasteiger partial charge is 0.255 e. The lowest BCUT2D eigenvalue weighted by molar-refractivity contribution is -0.113. The van der Waals surface area contributed by atoms with Crippen molar-refractivity contribution >= 4 is 28.9 Å². The molecule has 0 unspecified atom stereocenters. The minimum atomic E-state index is -0.320. The molecule has 0 bridgehead atoms. The number of benzene rings is 2. The Morgan fingerprint density at radius 2 is 1.81 bits per heavy atom. The number of amides is 1. The van der Waals surface area contributed by atoms with Gasteiger partial charge in [0.1, 0.15) is 5.75 Å². The number of para-hydroxylation sites is 2. The van der Waals surface area contributed by atoms with Crippen molar-refractivity contribution in [2.24, 2.45) is 0 Å². The Labute approximate surface area is 158 Å². The van der Waals surface area contributed by atoms with E-state index in [1.165, 1.54) is 0 Å². The molecule has 2 aromatic carbocycles. The van der Waals surface area contributed by atoms with Gasteiger partial charge in [0.2, 0.25) is 0 Å². The van der Waals surface area contributed by atoms with Crippen LogP contribution in [0.2, 0.25) is 0 Å². The van der Waals surface area contributed by atoms with Crippen molar-refractivity contribution in [3.8, 4) is 5.75 Å². The molecule has 6 heteroatoms. The molecule has 0 saturated carbocycles. The number of methoxy groups -OCH3 is 1. The molecule has 1 atom stereocenters. The SMILES string of the molecule is COc1ccccc1NC(=O)C1=C(C)NC(=S)N[C@@H]1c1ccccc1C. The molecular formula is C20H21N3O2S. The molecule has 0 fully saturated rings. The molecule has 1 aliphatic heterocycles. The highest BCUT2D eigenvalue weighted by atomic mass is 32.1. The first-order chi connectivity index (χ1) is 12.5. The molecule has 0 saturated heterocycles. The monoisotopic (exact) mass is 367 g/mol. The van der Waals surface area contributed by atoms with Crippen LogP contribution in [0.3, 0.4) is 0 Å². The topological polar surface area (TPSA) is 62.4 Å². The predicted octanol–water partition coefficient (Wildman–Crippen LogP) is 3.44. The van der Waals surface area contributed by atoms with Gasteiger partial charge in [-0.2, -0.15) is 0 Å². The van der Waals surface area contributed by atoms with Crippen molar-refractivity contribution in [3.63, 3.8) is 0 Å². The Hall–Kier alpha value is -2.86. The van der Waals surface area contributed by atoms with E-state index in [0.29, 0.717) is 22.1 Å². The summed E-state index contributed by atoms with van der Waals surface area (Å²) in [4.78, 5) is 13.1. The Morgan fingerprint density at radius 3 is 2.54 bits per heavy atom. The largest absolute Gasteiger partial charge is 0.495 e. The van der Waals surface area contributed by atoms with Gasteiger partial charge >= 0.3 is 0 Å². The second-order valence-electron chi connectivity index (χ2n) is 6.08. The highest BCUT2D eigenvalue weighted by Gasteiger charge is 2.30. The molecular weight excluding hydrogens is 346 g/mol. The normalized spacial score (nSPS) is 16.6. The highest BCUT2D eigenvalue weighted by Crippen LogP contribution is 2.31. The summed E-state index contributed by atoms with van der Waals surface area (Å²) in [6.45, 7) is 3.88. The summed E-state index contributed by atoms with van der Waals surface area (Å²) in [7, 11) is 1.58. The van der Waals surface area contributed by atoms with Gasteiger partial charge in [0, 0.05) is 5.70 Å². The molecule has 1 heterocycles. The first-order valence-electron chi connectivity index (χ1n) is 8.29. The summed E-state index contributed by atoms with van der Waals surface area (Å²) in [6.07, 6.45) is 0. The number of hydrogen-bond acceptors (Lipinski definition) is 3. The van der Waals surface area contributed by atoms with Crippen molar-refractivity contribution in [1.29, 1.82) is 0 Å². The van der Waals surface area contributed by atoms with Crippen LogP contribution in [-0.2, 0) is 4.79 Å². The average Bonchev–Trinajstić information content (AvgIpc) is 2.61. The number of thiocarbonyl (C=S) groups is 1. The van der Waals surface area contributed by atoms with Gasteiger partial charge in [-0.15, -0.1) is 0 Å². The van der Waals surface area contributed by atoms with E-state index in [1.54, 1.807) is 7.11 Å². The van der Waals surface area contributed by atoms with Gasteiger partial charge in [0.05, 0.1) is 24.4 Å². The predicted molar refractivity (Wildman–Crippen MR) is 107 cm³/mol. The molecule has 0 aliphatic carbocycles. The maximum Gasteiger partial charge on any atom is 0.255 e. The van der Waals surface area contributed by atoms with Crippen LogP contribution < -0.4 is 20.7 Å². The molecule has 134 valence electrons.